The van der Waals surface area contributed by atoms with E-state index in [0.717, 1.165) is 0 Å². The van der Waals surface area contributed by atoms with Crippen molar-refractivity contribution in [2.75, 3.05) is 5.32 Å². The Morgan fingerprint density at radius 1 is 1.19 bits per heavy atom. The maximum atomic E-state index is 14.1. The number of carbonyl (C=O) groups is 1. The van der Waals surface area contributed by atoms with Gasteiger partial charge in [0.1, 0.15) is 11.4 Å². The zero-order valence-corrected chi connectivity index (χ0v) is 18.2. The molecular weight excluding hydrogens is 456 g/mol. The third-order valence-electron chi connectivity index (χ3n) is 4.72. The lowest BCUT2D eigenvalue weighted by Gasteiger charge is -2.10. The minimum Gasteiger partial charge on any atom is -0.436 e. The van der Waals surface area contributed by atoms with Crippen molar-refractivity contribution in [3.8, 4) is 0 Å². The van der Waals surface area contributed by atoms with Crippen molar-refractivity contribution in [1.82, 2.24) is 4.98 Å². The molecule has 1 amide bonds. The first-order chi connectivity index (χ1) is 15.4. The Morgan fingerprint density at radius 2 is 1.97 bits per heavy atom. The Morgan fingerprint density at radius 3 is 2.69 bits per heavy atom. The molecule has 2 aromatic carbocycles. The predicted molar refractivity (Wildman–Crippen MR) is 121 cm³/mol. The first-order valence-electron chi connectivity index (χ1n) is 9.46. The summed E-state index contributed by atoms with van der Waals surface area (Å²) in [6, 6.07) is 12.0. The van der Waals surface area contributed by atoms with E-state index in [1.807, 2.05) is 0 Å². The van der Waals surface area contributed by atoms with Crippen molar-refractivity contribution >= 4 is 51.5 Å². The average molecular weight is 472 g/mol. The van der Waals surface area contributed by atoms with Gasteiger partial charge in [0.25, 0.3) is 5.91 Å². The molecule has 6 nitrogen and oxygen atoms in total. The van der Waals surface area contributed by atoms with Crippen LogP contribution in [0.3, 0.4) is 0 Å². The molecule has 2 N–H and O–H groups in total. The topological polar surface area (TPSA) is 87.7 Å². The van der Waals surface area contributed by atoms with Crippen LogP contribution in [0.5, 0.6) is 0 Å². The van der Waals surface area contributed by atoms with Crippen LogP contribution in [-0.4, -0.2) is 16.0 Å². The summed E-state index contributed by atoms with van der Waals surface area (Å²) < 4.78 is 20.0. The number of rotatable bonds is 4. The van der Waals surface area contributed by atoms with E-state index in [1.54, 1.807) is 25.1 Å². The molecule has 2 aromatic heterocycles. The minimum absolute atomic E-state index is 0.00590. The Labute approximate surface area is 192 Å². The lowest BCUT2D eigenvalue weighted by molar-refractivity contribution is 0.102. The number of fused-ring (bicyclic) bond motifs is 1. The van der Waals surface area contributed by atoms with Gasteiger partial charge in [-0.1, -0.05) is 35.3 Å². The van der Waals surface area contributed by atoms with Crippen LogP contribution >= 0.6 is 23.2 Å². The maximum Gasteiger partial charge on any atom is 0.261 e. The summed E-state index contributed by atoms with van der Waals surface area (Å²) in [4.78, 5) is 21.7. The standard InChI is InChI=1S/C23H16Cl2FN3O3/c1-12-21-15(13(11-30)10-27-12)9-16(22(31)29-20-5-3-2-4-19(20)26)23(32-21)28-14-6-7-17(24)18(25)8-14/h2-10,30H,11H2,1H3,(H,29,31). The quantitative estimate of drug-likeness (QED) is 0.407. The molecule has 0 atom stereocenters. The van der Waals surface area contributed by atoms with Crippen LogP contribution in [0, 0.1) is 12.7 Å². The monoisotopic (exact) mass is 471 g/mol. The molecule has 2 heterocycles. The van der Waals surface area contributed by atoms with Crippen molar-refractivity contribution in [3.63, 3.8) is 0 Å². The number of amides is 1. The van der Waals surface area contributed by atoms with E-state index in [2.05, 4.69) is 15.3 Å². The van der Waals surface area contributed by atoms with Gasteiger partial charge in [0.15, 0.2) is 5.58 Å². The lowest BCUT2D eigenvalue weighted by Crippen LogP contribution is -2.22. The first-order valence-corrected chi connectivity index (χ1v) is 10.2. The fourth-order valence-electron chi connectivity index (χ4n) is 3.08. The van der Waals surface area contributed by atoms with Gasteiger partial charge in [0, 0.05) is 17.1 Å². The van der Waals surface area contributed by atoms with Crippen LogP contribution < -0.4 is 10.9 Å². The molecule has 0 radical (unpaired) electrons. The van der Waals surface area contributed by atoms with Gasteiger partial charge >= 0.3 is 0 Å². The minimum atomic E-state index is -0.641. The Hall–Kier alpha value is -3.26. The van der Waals surface area contributed by atoms with E-state index in [-0.39, 0.29) is 28.4 Å². The van der Waals surface area contributed by atoms with E-state index in [0.29, 0.717) is 32.9 Å². The van der Waals surface area contributed by atoms with E-state index in [4.69, 9.17) is 27.6 Å². The predicted octanol–water partition coefficient (Wildman–Crippen LogP) is 5.56. The van der Waals surface area contributed by atoms with Gasteiger partial charge in [-0.3, -0.25) is 9.78 Å². The third kappa shape index (κ3) is 4.36. The number of nitrogens with zero attached hydrogens (tertiary/aromatic N) is 2. The molecular formula is C23H16Cl2FN3O3. The fraction of sp³-hybridized carbons (Fsp3) is 0.0870. The Kier molecular flexibility index (Phi) is 6.23. The second-order valence-corrected chi connectivity index (χ2v) is 7.69. The number of para-hydroxylation sites is 1. The number of aryl methyl sites for hydroxylation is 1. The molecule has 0 aliphatic heterocycles. The number of pyridine rings is 1. The van der Waals surface area contributed by atoms with E-state index < -0.39 is 11.7 Å². The summed E-state index contributed by atoms with van der Waals surface area (Å²) in [6.07, 6.45) is 1.50. The largest absolute Gasteiger partial charge is 0.436 e. The van der Waals surface area contributed by atoms with Gasteiger partial charge in [-0.15, -0.1) is 0 Å². The number of halogens is 3. The summed E-state index contributed by atoms with van der Waals surface area (Å²) in [5, 5.41) is 13.4. The Balaban J connectivity index is 1.94. The van der Waals surface area contributed by atoms with Crippen molar-refractivity contribution < 1.29 is 18.7 Å². The molecule has 0 aliphatic carbocycles. The summed E-state index contributed by atoms with van der Waals surface area (Å²) in [6.45, 7) is 1.42. The molecule has 32 heavy (non-hydrogen) atoms. The third-order valence-corrected chi connectivity index (χ3v) is 5.46. The van der Waals surface area contributed by atoms with Crippen LogP contribution in [0.2, 0.25) is 10.0 Å². The zero-order chi connectivity index (χ0) is 22.8. The van der Waals surface area contributed by atoms with Crippen molar-refractivity contribution in [2.24, 2.45) is 4.99 Å². The van der Waals surface area contributed by atoms with Crippen LogP contribution in [0.25, 0.3) is 11.0 Å². The number of benzene rings is 2. The van der Waals surface area contributed by atoms with E-state index >= 15 is 0 Å². The number of anilines is 1. The SMILES string of the molecule is Cc1ncc(CO)c2cc(C(=O)Nc3ccccc3F)c(=Nc3ccc(Cl)c(Cl)c3)oc12. The lowest BCUT2D eigenvalue weighted by atomic mass is 10.1. The summed E-state index contributed by atoms with van der Waals surface area (Å²) in [5.41, 5.74) is 1.77. The molecule has 0 aliphatic rings. The highest BCUT2D eigenvalue weighted by Gasteiger charge is 2.17. The van der Waals surface area contributed by atoms with Crippen LogP contribution in [0.1, 0.15) is 21.6 Å². The zero-order valence-electron chi connectivity index (χ0n) is 16.7. The fourth-order valence-corrected chi connectivity index (χ4v) is 3.38. The van der Waals surface area contributed by atoms with Gasteiger partial charge in [-0.05, 0) is 43.3 Å². The summed E-state index contributed by atoms with van der Waals surface area (Å²) in [5.74, 6) is -1.23. The normalized spacial score (nSPS) is 11.7. The molecule has 4 aromatic rings. The number of aliphatic hydroxyl groups excluding tert-OH is 1. The Bertz CT molecular complexity index is 1420. The van der Waals surface area contributed by atoms with Crippen molar-refractivity contribution in [3.05, 3.63) is 93.0 Å². The number of nitrogens with one attached hydrogen (secondary N) is 1. The van der Waals surface area contributed by atoms with E-state index in [9.17, 15) is 14.3 Å². The van der Waals surface area contributed by atoms with Gasteiger partial charge in [-0.25, -0.2) is 9.38 Å². The van der Waals surface area contributed by atoms with Gasteiger partial charge in [-0.2, -0.15) is 0 Å². The number of aliphatic hydroxyl groups is 1. The number of carbonyl (C=O) groups excluding carboxylic acids is 1. The maximum absolute atomic E-state index is 14.1. The molecule has 0 unspecified atom stereocenters. The second-order valence-electron chi connectivity index (χ2n) is 6.88. The molecule has 0 spiro atoms. The van der Waals surface area contributed by atoms with E-state index in [1.165, 1.54) is 36.5 Å². The van der Waals surface area contributed by atoms with Crippen molar-refractivity contribution in [1.29, 1.82) is 0 Å². The van der Waals surface area contributed by atoms with Crippen LogP contribution in [-0.2, 0) is 6.61 Å². The molecule has 4 rings (SSSR count). The summed E-state index contributed by atoms with van der Waals surface area (Å²) in [7, 11) is 0. The molecule has 9 heteroatoms. The van der Waals surface area contributed by atoms with Crippen molar-refractivity contribution in [2.45, 2.75) is 13.5 Å². The van der Waals surface area contributed by atoms with Crippen LogP contribution in [0.4, 0.5) is 15.8 Å². The molecule has 162 valence electrons. The van der Waals surface area contributed by atoms with Crippen LogP contribution in [0.15, 0.2) is 64.1 Å². The molecule has 0 saturated heterocycles. The van der Waals surface area contributed by atoms with Gasteiger partial charge in [0.2, 0.25) is 5.55 Å². The highest BCUT2D eigenvalue weighted by Crippen LogP contribution is 2.27. The second kappa shape index (κ2) is 9.08. The molecule has 0 fully saturated rings. The molecule has 0 bridgehead atoms. The highest BCUT2D eigenvalue weighted by molar-refractivity contribution is 6.42. The number of hydrogen-bond donors (Lipinski definition) is 2. The smallest absolute Gasteiger partial charge is 0.261 e. The van der Waals surface area contributed by atoms with Gasteiger partial charge in [0.05, 0.1) is 33.7 Å². The number of aromatic nitrogens is 1. The van der Waals surface area contributed by atoms with Gasteiger partial charge < -0.3 is 14.8 Å². The average Bonchev–Trinajstić information content (AvgIpc) is 2.78. The summed E-state index contributed by atoms with van der Waals surface area (Å²) >= 11 is 12.1. The first kappa shape index (κ1) is 22.0. The molecule has 0 saturated carbocycles. The highest BCUT2D eigenvalue weighted by atomic mass is 35.5. The number of hydrogen-bond acceptors (Lipinski definition) is 5.